The maximum absolute atomic E-state index is 9.95. The standard InChI is InChI=1S/C20H29ClN6OS/c1-12-19(29-15-5-8-24-17(23-4)16(15)21)26-14(11-28)18(25-12)27-9-6-20(3,7-10-27)13(2)22/h5,8,13,28H,6-7,9-11,22H2,1-4H3,(H,23,24)/t13-/m1/s1. The molecule has 0 bridgehead atoms. The van der Waals surface area contributed by atoms with E-state index in [9.17, 15) is 5.11 Å². The molecule has 0 aliphatic carbocycles. The highest BCUT2D eigenvalue weighted by molar-refractivity contribution is 7.99. The number of piperidine rings is 1. The molecule has 9 heteroatoms. The van der Waals surface area contributed by atoms with E-state index in [1.807, 2.05) is 13.0 Å². The average Bonchev–Trinajstić information content (AvgIpc) is 2.71. The smallest absolute Gasteiger partial charge is 0.153 e. The van der Waals surface area contributed by atoms with Gasteiger partial charge in [-0.3, -0.25) is 0 Å². The van der Waals surface area contributed by atoms with Crippen molar-refractivity contribution in [2.45, 2.75) is 56.2 Å². The molecule has 0 saturated carbocycles. The molecule has 1 saturated heterocycles. The van der Waals surface area contributed by atoms with E-state index in [1.54, 1.807) is 13.2 Å². The largest absolute Gasteiger partial charge is 0.390 e. The molecule has 2 aromatic rings. The Balaban J connectivity index is 1.85. The monoisotopic (exact) mass is 436 g/mol. The van der Waals surface area contributed by atoms with Gasteiger partial charge in [-0.1, -0.05) is 30.3 Å². The van der Waals surface area contributed by atoms with Crippen molar-refractivity contribution in [2.24, 2.45) is 11.1 Å². The summed E-state index contributed by atoms with van der Waals surface area (Å²) in [5, 5.41) is 14.2. The number of nitrogens with zero attached hydrogens (tertiary/aromatic N) is 4. The van der Waals surface area contributed by atoms with Crippen LogP contribution in [0.15, 0.2) is 22.2 Å². The second-order valence-corrected chi connectivity index (χ2v) is 9.20. The van der Waals surface area contributed by atoms with E-state index < -0.39 is 0 Å². The van der Waals surface area contributed by atoms with Crippen LogP contribution >= 0.6 is 23.4 Å². The number of aliphatic hydroxyl groups excluding tert-OH is 1. The molecule has 0 aromatic carbocycles. The molecule has 29 heavy (non-hydrogen) atoms. The second kappa shape index (κ2) is 9.04. The van der Waals surface area contributed by atoms with Gasteiger partial charge in [0.15, 0.2) is 5.82 Å². The molecule has 0 amide bonds. The van der Waals surface area contributed by atoms with Crippen LogP contribution in [0.25, 0.3) is 0 Å². The Morgan fingerprint density at radius 2 is 2.07 bits per heavy atom. The summed E-state index contributed by atoms with van der Waals surface area (Å²) in [5.74, 6) is 1.38. The highest BCUT2D eigenvalue weighted by atomic mass is 35.5. The summed E-state index contributed by atoms with van der Waals surface area (Å²) in [6, 6.07) is 2.00. The molecule has 0 radical (unpaired) electrons. The van der Waals surface area contributed by atoms with Crippen LogP contribution in [-0.4, -0.2) is 46.2 Å². The highest BCUT2D eigenvalue weighted by Crippen LogP contribution is 2.39. The van der Waals surface area contributed by atoms with Crippen molar-refractivity contribution in [3.63, 3.8) is 0 Å². The summed E-state index contributed by atoms with van der Waals surface area (Å²) in [6.45, 7) is 7.80. The van der Waals surface area contributed by atoms with Gasteiger partial charge >= 0.3 is 0 Å². The molecule has 1 atom stereocenters. The van der Waals surface area contributed by atoms with Crippen LogP contribution in [0.2, 0.25) is 5.02 Å². The van der Waals surface area contributed by atoms with Crippen LogP contribution in [0, 0.1) is 12.3 Å². The number of pyridine rings is 1. The van der Waals surface area contributed by atoms with Crippen molar-refractivity contribution in [1.82, 2.24) is 15.0 Å². The summed E-state index contributed by atoms with van der Waals surface area (Å²) in [6.07, 6.45) is 3.69. The lowest BCUT2D eigenvalue weighted by molar-refractivity contribution is 0.204. The van der Waals surface area contributed by atoms with Crippen molar-refractivity contribution >= 4 is 35.0 Å². The van der Waals surface area contributed by atoms with Crippen LogP contribution < -0.4 is 16.0 Å². The van der Waals surface area contributed by atoms with E-state index in [0.717, 1.165) is 47.4 Å². The molecule has 0 spiro atoms. The van der Waals surface area contributed by atoms with Gasteiger partial charge in [0.25, 0.3) is 0 Å². The molecule has 3 heterocycles. The molecule has 7 nitrogen and oxygen atoms in total. The minimum absolute atomic E-state index is 0.136. The van der Waals surface area contributed by atoms with Crippen molar-refractivity contribution < 1.29 is 5.11 Å². The number of hydrogen-bond donors (Lipinski definition) is 3. The van der Waals surface area contributed by atoms with Crippen molar-refractivity contribution in [3.8, 4) is 0 Å². The number of anilines is 2. The SMILES string of the molecule is CNc1nccc(Sc2nc(CO)c(N3CCC(C)([C@@H](C)N)CC3)nc2C)c1Cl. The van der Waals surface area contributed by atoms with Gasteiger partial charge in [0.1, 0.15) is 16.5 Å². The van der Waals surface area contributed by atoms with E-state index in [4.69, 9.17) is 27.3 Å². The van der Waals surface area contributed by atoms with Gasteiger partial charge in [-0.25, -0.2) is 15.0 Å². The zero-order valence-corrected chi connectivity index (χ0v) is 18.9. The fraction of sp³-hybridized carbons (Fsp3) is 0.550. The molecule has 2 aromatic heterocycles. The first-order chi connectivity index (χ1) is 13.8. The Morgan fingerprint density at radius 3 is 2.66 bits per heavy atom. The van der Waals surface area contributed by atoms with Gasteiger partial charge in [-0.05, 0) is 38.2 Å². The predicted molar refractivity (Wildman–Crippen MR) is 119 cm³/mol. The Kier molecular flexibility index (Phi) is 6.88. The molecule has 1 fully saturated rings. The van der Waals surface area contributed by atoms with E-state index in [1.165, 1.54) is 11.8 Å². The zero-order valence-electron chi connectivity index (χ0n) is 17.4. The minimum atomic E-state index is -0.164. The highest BCUT2D eigenvalue weighted by Gasteiger charge is 2.34. The number of nitrogens with one attached hydrogen (secondary N) is 1. The lowest BCUT2D eigenvalue weighted by Crippen LogP contribution is -2.47. The van der Waals surface area contributed by atoms with Gasteiger partial charge < -0.3 is 21.1 Å². The summed E-state index contributed by atoms with van der Waals surface area (Å²) in [5.41, 5.74) is 7.71. The quantitative estimate of drug-likeness (QED) is 0.632. The Bertz CT molecular complexity index is 870. The third-order valence-electron chi connectivity index (χ3n) is 5.83. The van der Waals surface area contributed by atoms with E-state index in [0.29, 0.717) is 16.5 Å². The van der Waals surface area contributed by atoms with E-state index in [2.05, 4.69) is 29.0 Å². The van der Waals surface area contributed by atoms with E-state index >= 15 is 0 Å². The van der Waals surface area contributed by atoms with Crippen LogP contribution in [0.4, 0.5) is 11.6 Å². The lowest BCUT2D eigenvalue weighted by atomic mass is 9.75. The maximum Gasteiger partial charge on any atom is 0.153 e. The Morgan fingerprint density at radius 1 is 1.38 bits per heavy atom. The first-order valence-electron chi connectivity index (χ1n) is 9.78. The zero-order chi connectivity index (χ0) is 21.2. The molecule has 0 unspecified atom stereocenters. The topological polar surface area (TPSA) is 100 Å². The summed E-state index contributed by atoms with van der Waals surface area (Å²) in [4.78, 5) is 16.8. The third-order valence-corrected chi connectivity index (χ3v) is 7.46. The van der Waals surface area contributed by atoms with Gasteiger partial charge in [-0.2, -0.15) is 0 Å². The first-order valence-corrected chi connectivity index (χ1v) is 11.0. The van der Waals surface area contributed by atoms with Gasteiger partial charge in [-0.15, -0.1) is 0 Å². The van der Waals surface area contributed by atoms with Crippen LogP contribution in [0.5, 0.6) is 0 Å². The molecule has 158 valence electrons. The minimum Gasteiger partial charge on any atom is -0.390 e. The Labute approximate surface area is 181 Å². The van der Waals surface area contributed by atoms with Crippen molar-refractivity contribution in [3.05, 3.63) is 28.7 Å². The molecule has 3 rings (SSSR count). The van der Waals surface area contributed by atoms with Crippen molar-refractivity contribution in [2.75, 3.05) is 30.4 Å². The second-order valence-electron chi connectivity index (χ2n) is 7.80. The fourth-order valence-electron chi connectivity index (χ4n) is 3.45. The maximum atomic E-state index is 9.95. The number of aryl methyl sites for hydroxylation is 1. The number of aliphatic hydroxyl groups is 1. The number of rotatable bonds is 6. The lowest BCUT2D eigenvalue weighted by Gasteiger charge is -2.42. The molecular weight excluding hydrogens is 408 g/mol. The van der Waals surface area contributed by atoms with Gasteiger partial charge in [0, 0.05) is 37.3 Å². The number of aromatic nitrogens is 3. The summed E-state index contributed by atoms with van der Waals surface area (Å²) < 4.78 is 0. The molecule has 4 N–H and O–H groups in total. The first kappa shape index (κ1) is 22.1. The van der Waals surface area contributed by atoms with Gasteiger partial charge in [0.2, 0.25) is 0 Å². The predicted octanol–water partition coefficient (Wildman–Crippen LogP) is 3.47. The summed E-state index contributed by atoms with van der Waals surface area (Å²) >= 11 is 7.86. The molecular formula is C20H29ClN6OS. The van der Waals surface area contributed by atoms with Crippen LogP contribution in [0.3, 0.4) is 0 Å². The summed E-state index contributed by atoms with van der Waals surface area (Å²) in [7, 11) is 1.78. The average molecular weight is 437 g/mol. The number of halogens is 1. The van der Waals surface area contributed by atoms with Crippen LogP contribution in [0.1, 0.15) is 38.1 Å². The van der Waals surface area contributed by atoms with Crippen LogP contribution in [-0.2, 0) is 6.61 Å². The molecule has 1 aliphatic heterocycles. The normalized spacial score (nSPS) is 17.3. The molecule has 1 aliphatic rings. The number of hydrogen-bond acceptors (Lipinski definition) is 8. The third kappa shape index (κ3) is 4.60. The number of nitrogens with two attached hydrogens (primary N) is 1. The Hall–Kier alpha value is -1.61. The van der Waals surface area contributed by atoms with E-state index in [-0.39, 0.29) is 18.1 Å². The van der Waals surface area contributed by atoms with Crippen molar-refractivity contribution in [1.29, 1.82) is 0 Å². The fourth-order valence-corrected chi connectivity index (χ4v) is 4.64. The van der Waals surface area contributed by atoms with Gasteiger partial charge in [0.05, 0.1) is 17.3 Å².